The largest absolute Gasteiger partial charge is 0.419 e. The molecular weight excluding hydrogens is 441 g/mol. The number of carbonyl (C=O) groups excluding carboxylic acids is 1. The minimum absolute atomic E-state index is 0.00427. The first-order chi connectivity index (χ1) is 15.7. The van der Waals surface area contributed by atoms with Crippen LogP contribution in [-0.4, -0.2) is 38.5 Å². The Morgan fingerprint density at radius 2 is 2.03 bits per heavy atom. The number of hydrogen-bond donors (Lipinski definition) is 3. The highest BCUT2D eigenvalue weighted by molar-refractivity contribution is 6.05. The number of hydrogen-bond acceptors (Lipinski definition) is 6. The molecule has 1 fully saturated rings. The molecule has 3 N–H and O–H groups in total. The van der Waals surface area contributed by atoms with Gasteiger partial charge in [-0.2, -0.15) is 13.2 Å². The Bertz CT molecular complexity index is 1330. The lowest BCUT2D eigenvalue weighted by Gasteiger charge is -2.14. The van der Waals surface area contributed by atoms with Crippen LogP contribution in [0.4, 0.5) is 19.0 Å². The number of alkyl halides is 3. The van der Waals surface area contributed by atoms with Crippen LogP contribution in [0.25, 0.3) is 11.0 Å². The molecule has 3 aromatic heterocycles. The van der Waals surface area contributed by atoms with Crippen molar-refractivity contribution in [3.05, 3.63) is 62.1 Å². The summed E-state index contributed by atoms with van der Waals surface area (Å²) < 4.78 is 40.5. The van der Waals surface area contributed by atoms with Crippen molar-refractivity contribution in [2.75, 3.05) is 18.4 Å². The summed E-state index contributed by atoms with van der Waals surface area (Å²) in [5, 5.41) is 5.17. The number of anilines is 1. The van der Waals surface area contributed by atoms with Gasteiger partial charge in [-0.15, -0.1) is 0 Å². The molecule has 9 nitrogen and oxygen atoms in total. The van der Waals surface area contributed by atoms with E-state index in [4.69, 9.17) is 0 Å². The summed E-state index contributed by atoms with van der Waals surface area (Å²) in [5.41, 5.74) is -1.40. The average Bonchev–Trinajstić information content (AvgIpc) is 3.61. The summed E-state index contributed by atoms with van der Waals surface area (Å²) in [6.45, 7) is 1.92. The van der Waals surface area contributed by atoms with Gasteiger partial charge in [0.1, 0.15) is 5.82 Å². The third-order valence-corrected chi connectivity index (χ3v) is 5.34. The molecule has 33 heavy (non-hydrogen) atoms. The first-order valence-electron chi connectivity index (χ1n) is 10.4. The Morgan fingerprint density at radius 3 is 2.70 bits per heavy atom. The predicted molar refractivity (Wildman–Crippen MR) is 114 cm³/mol. The summed E-state index contributed by atoms with van der Waals surface area (Å²) in [5.74, 6) is -0.768. The van der Waals surface area contributed by atoms with Gasteiger partial charge in [0.05, 0.1) is 16.5 Å². The van der Waals surface area contributed by atoms with E-state index >= 15 is 0 Å². The zero-order valence-electron chi connectivity index (χ0n) is 17.6. The van der Waals surface area contributed by atoms with Crippen molar-refractivity contribution < 1.29 is 18.0 Å². The Labute approximate surface area is 185 Å². The first kappa shape index (κ1) is 22.5. The van der Waals surface area contributed by atoms with Crippen molar-refractivity contribution >= 4 is 22.8 Å². The lowest BCUT2D eigenvalue weighted by Crippen LogP contribution is -2.34. The Balaban J connectivity index is 1.57. The molecule has 1 aliphatic carbocycles. The van der Waals surface area contributed by atoms with Crippen LogP contribution in [-0.2, 0) is 12.7 Å². The second kappa shape index (κ2) is 8.68. The van der Waals surface area contributed by atoms with Gasteiger partial charge in [0.25, 0.3) is 11.5 Å². The molecule has 3 heterocycles. The van der Waals surface area contributed by atoms with E-state index < -0.39 is 28.9 Å². The maximum absolute atomic E-state index is 13.1. The zero-order valence-corrected chi connectivity index (χ0v) is 17.6. The number of aromatic nitrogens is 4. The average molecular weight is 462 g/mol. The molecule has 0 aromatic carbocycles. The number of H-pyrrole nitrogens is 1. The molecule has 0 unspecified atom stereocenters. The fraction of sp³-hybridized carbons (Fsp3) is 0.381. The summed E-state index contributed by atoms with van der Waals surface area (Å²) in [6.07, 6.45) is -1.54. The van der Waals surface area contributed by atoms with E-state index in [0.29, 0.717) is 5.69 Å². The molecule has 0 spiro atoms. The van der Waals surface area contributed by atoms with Crippen LogP contribution in [0.15, 0.2) is 34.0 Å². The number of aryl methyl sites for hydroxylation is 1. The van der Waals surface area contributed by atoms with Crippen molar-refractivity contribution in [2.24, 2.45) is 0 Å². The summed E-state index contributed by atoms with van der Waals surface area (Å²) in [6, 6.07) is 3.65. The number of pyridine rings is 2. The molecule has 0 saturated heterocycles. The van der Waals surface area contributed by atoms with Crippen LogP contribution in [0, 0.1) is 0 Å². The number of carbonyl (C=O) groups is 1. The summed E-state index contributed by atoms with van der Waals surface area (Å²) in [4.78, 5) is 48.0. The van der Waals surface area contributed by atoms with Crippen molar-refractivity contribution in [1.29, 1.82) is 0 Å². The predicted octanol–water partition coefficient (Wildman–Crippen LogP) is 2.24. The van der Waals surface area contributed by atoms with Crippen LogP contribution in [0.5, 0.6) is 0 Å². The molecule has 0 atom stereocenters. The Kier molecular flexibility index (Phi) is 5.91. The van der Waals surface area contributed by atoms with Gasteiger partial charge in [-0.25, -0.2) is 14.8 Å². The van der Waals surface area contributed by atoms with E-state index in [1.165, 1.54) is 16.8 Å². The van der Waals surface area contributed by atoms with Gasteiger partial charge >= 0.3 is 11.9 Å². The molecule has 3 aromatic rings. The third-order valence-electron chi connectivity index (χ3n) is 5.34. The SMILES string of the molecule is CCn1c(=O)[nH]c(=O)c2c(C(=O)NCCNc3ncccc3C(F)(F)F)cc(C3CC3)nc21. The quantitative estimate of drug-likeness (QED) is 0.463. The first-order valence-corrected chi connectivity index (χ1v) is 10.4. The van der Waals surface area contributed by atoms with Gasteiger partial charge in [-0.1, -0.05) is 0 Å². The lowest BCUT2D eigenvalue weighted by atomic mass is 10.1. The second-order valence-corrected chi connectivity index (χ2v) is 7.65. The molecule has 1 saturated carbocycles. The van der Waals surface area contributed by atoms with E-state index in [1.54, 1.807) is 13.0 Å². The van der Waals surface area contributed by atoms with Crippen molar-refractivity contribution in [1.82, 2.24) is 24.8 Å². The molecular formula is C21H21F3N6O3. The van der Waals surface area contributed by atoms with Crippen LogP contribution in [0.3, 0.4) is 0 Å². The number of fused-ring (bicyclic) bond motifs is 1. The highest BCUT2D eigenvalue weighted by Crippen LogP contribution is 2.40. The van der Waals surface area contributed by atoms with Crippen LogP contribution >= 0.6 is 0 Å². The highest BCUT2D eigenvalue weighted by atomic mass is 19.4. The summed E-state index contributed by atoms with van der Waals surface area (Å²) in [7, 11) is 0. The van der Waals surface area contributed by atoms with Gasteiger partial charge in [0.15, 0.2) is 5.65 Å². The monoisotopic (exact) mass is 462 g/mol. The maximum Gasteiger partial charge on any atom is 0.419 e. The topological polar surface area (TPSA) is 122 Å². The van der Waals surface area contributed by atoms with Crippen molar-refractivity contribution in [3.8, 4) is 0 Å². The van der Waals surface area contributed by atoms with Crippen molar-refractivity contribution in [3.63, 3.8) is 0 Å². The fourth-order valence-electron chi connectivity index (χ4n) is 3.58. The van der Waals surface area contributed by atoms with Crippen LogP contribution < -0.4 is 21.9 Å². The lowest BCUT2D eigenvalue weighted by molar-refractivity contribution is -0.137. The smallest absolute Gasteiger partial charge is 0.368 e. The van der Waals surface area contributed by atoms with Gasteiger partial charge < -0.3 is 10.6 Å². The van der Waals surface area contributed by atoms with Crippen LogP contribution in [0.2, 0.25) is 0 Å². The maximum atomic E-state index is 13.1. The highest BCUT2D eigenvalue weighted by Gasteiger charge is 2.34. The molecule has 1 amide bonds. The molecule has 12 heteroatoms. The van der Waals surface area contributed by atoms with Gasteiger partial charge in [0.2, 0.25) is 0 Å². The summed E-state index contributed by atoms with van der Waals surface area (Å²) >= 11 is 0. The standard InChI is InChI=1S/C21H21F3N6O3/c1-2-30-17-15(19(32)29-20(30)33)12(10-14(28-17)11-5-6-11)18(31)27-9-8-26-16-13(21(22,23)24)4-3-7-25-16/h3-4,7,10-11H,2,5-6,8-9H2,1H3,(H,25,26)(H,27,31)(H,29,32,33). The second-order valence-electron chi connectivity index (χ2n) is 7.65. The van der Waals surface area contributed by atoms with E-state index in [1.807, 2.05) is 0 Å². The molecule has 1 aliphatic rings. The minimum Gasteiger partial charge on any atom is -0.368 e. The Hall–Kier alpha value is -3.70. The molecule has 4 rings (SSSR count). The fourth-order valence-corrected chi connectivity index (χ4v) is 3.58. The third kappa shape index (κ3) is 4.59. The van der Waals surface area contributed by atoms with Gasteiger partial charge in [-0.3, -0.25) is 19.1 Å². The van der Waals surface area contributed by atoms with Crippen LogP contribution in [0.1, 0.15) is 47.3 Å². The molecule has 0 aliphatic heterocycles. The molecule has 0 radical (unpaired) electrons. The number of halogens is 3. The number of amides is 1. The van der Waals surface area contributed by atoms with Crippen molar-refractivity contribution in [2.45, 2.75) is 38.4 Å². The zero-order chi connectivity index (χ0) is 23.8. The van der Waals surface area contributed by atoms with E-state index in [2.05, 4.69) is 25.6 Å². The minimum atomic E-state index is -4.56. The number of rotatable bonds is 7. The Morgan fingerprint density at radius 1 is 1.27 bits per heavy atom. The van der Waals surface area contributed by atoms with Gasteiger partial charge in [0, 0.05) is 37.4 Å². The van der Waals surface area contributed by atoms with Gasteiger partial charge in [-0.05, 0) is 38.0 Å². The van der Waals surface area contributed by atoms with E-state index in [9.17, 15) is 27.6 Å². The number of aromatic amines is 1. The number of nitrogens with zero attached hydrogens (tertiary/aromatic N) is 3. The molecule has 174 valence electrons. The van der Waals surface area contributed by atoms with E-state index in [0.717, 1.165) is 18.9 Å². The normalized spacial score (nSPS) is 13.8. The number of nitrogens with one attached hydrogen (secondary N) is 3. The molecule has 0 bridgehead atoms. The van der Waals surface area contributed by atoms with E-state index in [-0.39, 0.29) is 48.0 Å².